The molecule has 2 N–H and O–H groups in total. The number of aliphatic hydroxyl groups is 2. The summed E-state index contributed by atoms with van der Waals surface area (Å²) < 4.78 is 17.0. The van der Waals surface area contributed by atoms with E-state index in [1.54, 1.807) is 19.1 Å². The molecule has 3 heterocycles. The first kappa shape index (κ1) is 23.0. The minimum absolute atomic E-state index is 0.0101. The zero-order chi connectivity index (χ0) is 23.0. The summed E-state index contributed by atoms with van der Waals surface area (Å²) in [6.45, 7) is 5.96. The SMILES string of the molecule is CC1=C[C@H]2C(=O)O[C@@H]3CC(=O)O[C@H](C/C=C(\C)C[C@@H](C)/C=C/C=C4CO[C@H]([C@@H]1O)[C@@]42O)C3. The van der Waals surface area contributed by atoms with E-state index in [2.05, 4.69) is 19.9 Å². The Morgan fingerprint density at radius 2 is 1.91 bits per heavy atom. The second kappa shape index (κ2) is 8.96. The van der Waals surface area contributed by atoms with Gasteiger partial charge in [-0.25, -0.2) is 0 Å². The molecular weight excluding hydrogens is 412 g/mol. The van der Waals surface area contributed by atoms with E-state index < -0.39 is 41.8 Å². The fraction of sp³-hybridized carbons (Fsp3) is 0.600. The predicted molar refractivity (Wildman–Crippen MR) is 116 cm³/mol. The second-order valence-electron chi connectivity index (χ2n) is 9.55. The molecule has 0 amide bonds. The average Bonchev–Trinajstić information content (AvgIpc) is 3.05. The molecule has 2 saturated heterocycles. The number of hydrogen-bond acceptors (Lipinski definition) is 7. The molecule has 0 unspecified atom stereocenters. The van der Waals surface area contributed by atoms with Gasteiger partial charge in [-0.05, 0) is 37.3 Å². The van der Waals surface area contributed by atoms with Crippen LogP contribution in [0.25, 0.3) is 0 Å². The quantitative estimate of drug-likeness (QED) is 0.437. The van der Waals surface area contributed by atoms with Crippen molar-refractivity contribution in [3.05, 3.63) is 47.1 Å². The van der Waals surface area contributed by atoms with E-state index in [1.807, 2.05) is 12.2 Å². The normalized spacial score (nSPS) is 43.1. The standard InChI is InChI=1S/C25H32O7/c1-14-5-4-6-17-13-30-23-22(27)16(3)10-20(25(17,23)29)24(28)32-19-11-18(31-21(26)12-19)8-7-15(2)9-14/h4-7,10,14,18-20,22-23,27,29H,8-9,11-13H2,1-3H3/b5-4+,15-7+,17-6?/t14-,18+,19-,20-,22+,23+,25+/m0/s1. The smallest absolute Gasteiger partial charge is 0.316 e. The molecule has 2 fully saturated rings. The monoisotopic (exact) mass is 444 g/mol. The van der Waals surface area contributed by atoms with Crippen LogP contribution in [0.1, 0.15) is 46.5 Å². The van der Waals surface area contributed by atoms with Crippen LogP contribution in [-0.2, 0) is 23.8 Å². The molecule has 0 aromatic heterocycles. The molecule has 0 saturated carbocycles. The van der Waals surface area contributed by atoms with Crippen molar-refractivity contribution in [1.82, 2.24) is 0 Å². The number of hydrogen-bond donors (Lipinski definition) is 2. The maximum atomic E-state index is 13.3. The fourth-order valence-electron chi connectivity index (χ4n) is 5.14. The van der Waals surface area contributed by atoms with Gasteiger partial charge in [-0.3, -0.25) is 9.59 Å². The van der Waals surface area contributed by atoms with E-state index in [9.17, 15) is 19.8 Å². The Hall–Kier alpha value is -2.22. The third kappa shape index (κ3) is 4.34. The molecule has 3 aliphatic heterocycles. The molecule has 0 spiro atoms. The summed E-state index contributed by atoms with van der Waals surface area (Å²) in [6, 6.07) is 0. The van der Waals surface area contributed by atoms with E-state index in [-0.39, 0.29) is 25.0 Å². The Labute approximate surface area is 188 Å². The van der Waals surface area contributed by atoms with Gasteiger partial charge in [-0.15, -0.1) is 0 Å². The van der Waals surface area contributed by atoms with Crippen LogP contribution >= 0.6 is 0 Å². The molecule has 4 aliphatic rings. The van der Waals surface area contributed by atoms with Crippen LogP contribution in [0.5, 0.6) is 0 Å². The van der Waals surface area contributed by atoms with Gasteiger partial charge in [0, 0.05) is 12.8 Å². The van der Waals surface area contributed by atoms with Crippen molar-refractivity contribution in [2.75, 3.05) is 6.61 Å². The van der Waals surface area contributed by atoms with Gasteiger partial charge in [0.05, 0.1) is 13.0 Å². The highest BCUT2D eigenvalue weighted by molar-refractivity contribution is 5.79. The number of esters is 2. The first-order chi connectivity index (χ1) is 15.2. The van der Waals surface area contributed by atoms with E-state index in [0.717, 1.165) is 6.42 Å². The van der Waals surface area contributed by atoms with Crippen molar-refractivity contribution in [2.45, 2.75) is 76.5 Å². The van der Waals surface area contributed by atoms with Gasteiger partial charge < -0.3 is 24.4 Å². The van der Waals surface area contributed by atoms with Gasteiger partial charge in [0.25, 0.3) is 0 Å². The number of rotatable bonds is 0. The topological polar surface area (TPSA) is 102 Å². The Morgan fingerprint density at radius 1 is 1.12 bits per heavy atom. The maximum Gasteiger partial charge on any atom is 0.316 e. The van der Waals surface area contributed by atoms with Crippen molar-refractivity contribution in [2.24, 2.45) is 11.8 Å². The number of fused-ring (bicyclic) bond motifs is 2. The minimum atomic E-state index is -1.72. The Balaban J connectivity index is 1.73. The van der Waals surface area contributed by atoms with Gasteiger partial charge >= 0.3 is 11.9 Å². The van der Waals surface area contributed by atoms with Crippen molar-refractivity contribution >= 4 is 11.9 Å². The lowest BCUT2D eigenvalue weighted by Gasteiger charge is -2.41. The highest BCUT2D eigenvalue weighted by Gasteiger charge is 2.59. The Bertz CT molecular complexity index is 898. The van der Waals surface area contributed by atoms with Crippen molar-refractivity contribution in [1.29, 1.82) is 0 Å². The second-order valence-corrected chi connectivity index (χ2v) is 9.55. The van der Waals surface area contributed by atoms with Crippen molar-refractivity contribution in [3.63, 3.8) is 0 Å². The largest absolute Gasteiger partial charge is 0.462 e. The molecule has 0 aromatic rings. The summed E-state index contributed by atoms with van der Waals surface area (Å²) in [5, 5.41) is 22.3. The van der Waals surface area contributed by atoms with Crippen LogP contribution < -0.4 is 0 Å². The van der Waals surface area contributed by atoms with Gasteiger partial charge in [0.2, 0.25) is 0 Å². The van der Waals surface area contributed by atoms with E-state index >= 15 is 0 Å². The first-order valence-corrected chi connectivity index (χ1v) is 11.3. The lowest BCUT2D eigenvalue weighted by Crippen LogP contribution is -2.57. The zero-order valence-electron chi connectivity index (χ0n) is 18.8. The molecular formula is C25H32O7. The molecule has 0 radical (unpaired) electrons. The number of aliphatic hydroxyl groups excluding tert-OH is 1. The fourth-order valence-corrected chi connectivity index (χ4v) is 5.14. The lowest BCUT2D eigenvalue weighted by atomic mass is 9.71. The predicted octanol–water partition coefficient (Wildman–Crippen LogP) is 2.53. The third-order valence-corrected chi connectivity index (χ3v) is 6.89. The zero-order valence-corrected chi connectivity index (χ0v) is 18.8. The summed E-state index contributed by atoms with van der Waals surface area (Å²) in [6.07, 6.45) is 8.20. The van der Waals surface area contributed by atoms with Crippen molar-refractivity contribution in [3.8, 4) is 0 Å². The van der Waals surface area contributed by atoms with Crippen LogP contribution in [0.3, 0.4) is 0 Å². The van der Waals surface area contributed by atoms with E-state index in [1.165, 1.54) is 5.57 Å². The number of carbonyl (C=O) groups excluding carboxylic acids is 2. The summed E-state index contributed by atoms with van der Waals surface area (Å²) in [4.78, 5) is 25.4. The minimum Gasteiger partial charge on any atom is -0.462 e. The molecule has 1 aliphatic carbocycles. The number of carbonyl (C=O) groups is 2. The highest BCUT2D eigenvalue weighted by atomic mass is 16.6. The molecule has 4 rings (SSSR count). The van der Waals surface area contributed by atoms with Crippen LogP contribution in [-0.4, -0.2) is 58.8 Å². The molecule has 7 atom stereocenters. The first-order valence-electron chi connectivity index (χ1n) is 11.3. The van der Waals surface area contributed by atoms with Crippen LogP contribution in [0.4, 0.5) is 0 Å². The highest BCUT2D eigenvalue weighted by Crippen LogP contribution is 2.45. The molecule has 32 heavy (non-hydrogen) atoms. The average molecular weight is 445 g/mol. The summed E-state index contributed by atoms with van der Waals surface area (Å²) in [5.74, 6) is -1.81. The van der Waals surface area contributed by atoms with Gasteiger partial charge in [-0.1, -0.05) is 42.9 Å². The Kier molecular flexibility index (Phi) is 6.43. The maximum absolute atomic E-state index is 13.3. The molecule has 7 nitrogen and oxygen atoms in total. The lowest BCUT2D eigenvalue weighted by molar-refractivity contribution is -0.178. The summed E-state index contributed by atoms with van der Waals surface area (Å²) >= 11 is 0. The van der Waals surface area contributed by atoms with Crippen LogP contribution in [0.15, 0.2) is 47.1 Å². The summed E-state index contributed by atoms with van der Waals surface area (Å²) in [7, 11) is 0. The summed E-state index contributed by atoms with van der Waals surface area (Å²) in [5.41, 5.74) is 0.542. The number of allylic oxidation sites excluding steroid dienone is 4. The van der Waals surface area contributed by atoms with Crippen molar-refractivity contribution < 1.29 is 34.0 Å². The van der Waals surface area contributed by atoms with E-state index in [4.69, 9.17) is 14.2 Å². The van der Waals surface area contributed by atoms with E-state index in [0.29, 0.717) is 24.0 Å². The molecule has 0 aromatic carbocycles. The number of ether oxygens (including phenoxy) is 3. The Morgan fingerprint density at radius 3 is 2.69 bits per heavy atom. The van der Waals surface area contributed by atoms with Gasteiger partial charge in [0.15, 0.2) is 0 Å². The van der Waals surface area contributed by atoms with Gasteiger partial charge in [0.1, 0.15) is 35.9 Å². The van der Waals surface area contributed by atoms with Crippen LogP contribution in [0, 0.1) is 11.8 Å². The molecule has 2 bridgehead atoms. The van der Waals surface area contributed by atoms with Gasteiger partial charge in [-0.2, -0.15) is 0 Å². The van der Waals surface area contributed by atoms with Crippen LogP contribution in [0.2, 0.25) is 0 Å². The third-order valence-electron chi connectivity index (χ3n) is 6.89. The molecule has 174 valence electrons. The molecule has 7 heteroatoms.